The summed E-state index contributed by atoms with van der Waals surface area (Å²) < 4.78 is 7.96. The molecule has 1 aromatic rings. The lowest BCUT2D eigenvalue weighted by Gasteiger charge is -2.18. The van der Waals surface area contributed by atoms with Crippen LogP contribution in [0.1, 0.15) is 39.2 Å². The average molecular weight is 310 g/mol. The number of rotatable bonds is 2. The van der Waals surface area contributed by atoms with E-state index in [1.807, 2.05) is 12.1 Å². The summed E-state index contributed by atoms with van der Waals surface area (Å²) in [4.78, 5) is 12.5. The molecular weight excluding hydrogens is 286 g/mol. The van der Waals surface area contributed by atoms with Gasteiger partial charge in [0.15, 0.2) is 5.71 Å². The number of ether oxygens (including phenoxy) is 1. The second-order valence-corrected chi connectivity index (χ2v) is 7.76. The van der Waals surface area contributed by atoms with Crippen molar-refractivity contribution in [2.24, 2.45) is 17.8 Å². The predicted molar refractivity (Wildman–Crippen MR) is 90.5 cm³/mol. The molecule has 1 fully saturated rings. The van der Waals surface area contributed by atoms with E-state index in [-0.39, 0.29) is 17.3 Å². The summed E-state index contributed by atoms with van der Waals surface area (Å²) in [6.07, 6.45) is 6.52. The Kier molecular flexibility index (Phi) is 3.06. The highest BCUT2D eigenvalue weighted by molar-refractivity contribution is 5.93. The topological polar surface area (TPSA) is 29.3 Å². The van der Waals surface area contributed by atoms with E-state index in [9.17, 15) is 4.79 Å². The van der Waals surface area contributed by atoms with Crippen molar-refractivity contribution in [3.63, 3.8) is 0 Å². The number of nitrogens with zero attached hydrogens (tertiary/aromatic N) is 1. The van der Waals surface area contributed by atoms with Gasteiger partial charge in [-0.3, -0.25) is 4.79 Å². The summed E-state index contributed by atoms with van der Waals surface area (Å²) in [6.45, 7) is 6.60. The summed E-state index contributed by atoms with van der Waals surface area (Å²) in [5.41, 5.74) is 3.72. The van der Waals surface area contributed by atoms with E-state index in [0.717, 1.165) is 12.8 Å². The molecule has 1 saturated carbocycles. The molecule has 2 aliphatic carbocycles. The largest absolute Gasteiger partial charge is 0.426 e. The number of fused-ring (bicyclic) bond motifs is 3. The molecule has 0 radical (unpaired) electrons. The maximum Gasteiger partial charge on any atom is 0.314 e. The number of allylic oxidation sites excluding steroid dienone is 2. The Morgan fingerprint density at radius 3 is 2.70 bits per heavy atom. The van der Waals surface area contributed by atoms with Crippen molar-refractivity contribution >= 4 is 17.4 Å². The van der Waals surface area contributed by atoms with Gasteiger partial charge in [-0.15, -0.1) is 0 Å². The van der Waals surface area contributed by atoms with Gasteiger partial charge in [-0.25, -0.2) is 4.58 Å². The molecule has 3 unspecified atom stereocenters. The lowest BCUT2D eigenvalue weighted by atomic mass is 9.82. The van der Waals surface area contributed by atoms with Crippen LogP contribution in [-0.2, 0) is 10.2 Å². The monoisotopic (exact) mass is 310 g/mol. The number of carbonyl (C=O) groups is 1. The fourth-order valence-electron chi connectivity index (χ4n) is 4.41. The summed E-state index contributed by atoms with van der Waals surface area (Å²) in [5, 5.41) is 0. The van der Waals surface area contributed by atoms with Gasteiger partial charge in [0.25, 0.3) is 0 Å². The smallest absolute Gasteiger partial charge is 0.314 e. The van der Waals surface area contributed by atoms with Gasteiger partial charge in [-0.1, -0.05) is 12.2 Å². The zero-order valence-electron chi connectivity index (χ0n) is 14.3. The van der Waals surface area contributed by atoms with Gasteiger partial charge in [-0.05, 0) is 50.7 Å². The molecule has 23 heavy (non-hydrogen) atoms. The number of benzene rings is 1. The van der Waals surface area contributed by atoms with E-state index in [1.165, 1.54) is 17.0 Å². The van der Waals surface area contributed by atoms with Crippen LogP contribution in [0.25, 0.3) is 0 Å². The number of hydrogen-bond acceptors (Lipinski definition) is 2. The first-order chi connectivity index (χ1) is 10.9. The molecule has 1 aromatic carbocycles. The first-order valence-electron chi connectivity index (χ1n) is 8.50. The molecule has 4 rings (SSSR count). The first-order valence-corrected chi connectivity index (χ1v) is 8.50. The van der Waals surface area contributed by atoms with E-state index in [2.05, 4.69) is 50.6 Å². The Morgan fingerprint density at radius 1 is 1.26 bits per heavy atom. The van der Waals surface area contributed by atoms with Crippen LogP contribution >= 0.6 is 0 Å². The van der Waals surface area contributed by atoms with E-state index in [4.69, 9.17) is 4.74 Å². The normalized spacial score (nSPS) is 30.0. The highest BCUT2D eigenvalue weighted by Crippen LogP contribution is 2.45. The van der Waals surface area contributed by atoms with Gasteiger partial charge in [0.2, 0.25) is 5.69 Å². The maximum absolute atomic E-state index is 12.5. The molecule has 3 nitrogen and oxygen atoms in total. The van der Waals surface area contributed by atoms with Crippen LogP contribution in [0.4, 0.5) is 5.69 Å². The molecule has 0 aromatic heterocycles. The third-order valence-corrected chi connectivity index (χ3v) is 6.21. The van der Waals surface area contributed by atoms with Gasteiger partial charge >= 0.3 is 5.97 Å². The van der Waals surface area contributed by atoms with Crippen LogP contribution in [0.3, 0.4) is 0 Å². The number of carbonyl (C=O) groups excluding carboxylic acids is 1. The zero-order chi connectivity index (χ0) is 16.4. The summed E-state index contributed by atoms with van der Waals surface area (Å²) in [6, 6.07) is 6.03. The molecule has 120 valence electrons. The molecular formula is C20H24NO2+. The van der Waals surface area contributed by atoms with Crippen LogP contribution in [0.5, 0.6) is 5.75 Å². The minimum Gasteiger partial charge on any atom is -0.426 e. The number of esters is 1. The fraction of sp³-hybridized carbons (Fsp3) is 0.500. The van der Waals surface area contributed by atoms with Crippen LogP contribution < -0.4 is 4.74 Å². The van der Waals surface area contributed by atoms with Crippen molar-refractivity contribution in [3.8, 4) is 5.75 Å². The Morgan fingerprint density at radius 2 is 2.04 bits per heavy atom. The van der Waals surface area contributed by atoms with Gasteiger partial charge < -0.3 is 4.74 Å². The van der Waals surface area contributed by atoms with Gasteiger partial charge in [0, 0.05) is 18.6 Å². The molecule has 1 heterocycles. The van der Waals surface area contributed by atoms with Crippen LogP contribution in [0.2, 0.25) is 0 Å². The number of hydrogen-bond donors (Lipinski definition) is 0. The van der Waals surface area contributed by atoms with Gasteiger partial charge in [0.05, 0.1) is 11.3 Å². The maximum atomic E-state index is 12.5. The molecule has 3 atom stereocenters. The van der Waals surface area contributed by atoms with Crippen molar-refractivity contribution in [2.75, 3.05) is 7.05 Å². The van der Waals surface area contributed by atoms with Crippen LogP contribution in [0.15, 0.2) is 30.4 Å². The van der Waals surface area contributed by atoms with Crippen molar-refractivity contribution in [1.82, 2.24) is 0 Å². The van der Waals surface area contributed by atoms with Crippen molar-refractivity contribution < 1.29 is 14.1 Å². The molecule has 2 bridgehead atoms. The third kappa shape index (κ3) is 2.09. The standard InChI is InChI=1S/C20H24NO2/c1-12-20(2,3)17-11-15(7-8-18(17)21(12)4)23-19(22)16-10-13-5-6-14(16)9-13/h5-8,11,13-14,16H,9-10H2,1-4H3/q+1. The van der Waals surface area contributed by atoms with Crippen molar-refractivity contribution in [2.45, 2.75) is 39.0 Å². The molecule has 0 saturated heterocycles. The highest BCUT2D eigenvalue weighted by atomic mass is 16.5. The molecule has 0 N–H and O–H groups in total. The second-order valence-electron chi connectivity index (χ2n) is 7.76. The lowest BCUT2D eigenvalue weighted by molar-refractivity contribution is -0.403. The summed E-state index contributed by atoms with van der Waals surface area (Å²) in [7, 11) is 2.09. The van der Waals surface area contributed by atoms with E-state index >= 15 is 0 Å². The van der Waals surface area contributed by atoms with Gasteiger partial charge in [-0.2, -0.15) is 0 Å². The molecule has 1 aliphatic heterocycles. The molecule has 0 spiro atoms. The third-order valence-electron chi connectivity index (χ3n) is 6.21. The summed E-state index contributed by atoms with van der Waals surface area (Å²) in [5.74, 6) is 1.63. The summed E-state index contributed by atoms with van der Waals surface area (Å²) >= 11 is 0. The Bertz CT molecular complexity index is 757. The SMILES string of the molecule is CC1=[N+](C)c2ccc(OC(=O)C3CC4C=CC3C4)cc2C1(C)C. The second kappa shape index (κ2) is 4.80. The molecule has 0 amide bonds. The Labute approximate surface area is 137 Å². The highest BCUT2D eigenvalue weighted by Gasteiger charge is 2.43. The van der Waals surface area contributed by atoms with E-state index in [0.29, 0.717) is 17.6 Å². The Hall–Kier alpha value is -1.90. The molecule has 3 aliphatic rings. The fourth-order valence-corrected chi connectivity index (χ4v) is 4.41. The minimum absolute atomic E-state index is 0.0261. The van der Waals surface area contributed by atoms with Gasteiger partial charge in [0.1, 0.15) is 12.8 Å². The van der Waals surface area contributed by atoms with Crippen molar-refractivity contribution in [1.29, 1.82) is 0 Å². The molecule has 3 heteroatoms. The predicted octanol–water partition coefficient (Wildman–Crippen LogP) is 3.83. The van der Waals surface area contributed by atoms with E-state index in [1.54, 1.807) is 0 Å². The quantitative estimate of drug-likeness (QED) is 0.359. The average Bonchev–Trinajstić information content (AvgIpc) is 3.19. The van der Waals surface area contributed by atoms with Crippen LogP contribution in [0, 0.1) is 17.8 Å². The minimum atomic E-state index is -0.0633. The van der Waals surface area contributed by atoms with Crippen LogP contribution in [-0.4, -0.2) is 23.3 Å². The Balaban J connectivity index is 1.58. The first kappa shape index (κ1) is 14.7. The van der Waals surface area contributed by atoms with E-state index < -0.39 is 0 Å². The lowest BCUT2D eigenvalue weighted by Crippen LogP contribution is -2.26. The zero-order valence-corrected chi connectivity index (χ0v) is 14.3. The van der Waals surface area contributed by atoms with Crippen molar-refractivity contribution in [3.05, 3.63) is 35.9 Å².